The van der Waals surface area contributed by atoms with Crippen molar-refractivity contribution in [3.8, 4) is 11.3 Å². The first-order chi connectivity index (χ1) is 16.7. The second-order valence-electron chi connectivity index (χ2n) is 9.45. The molecule has 1 aromatic heterocycles. The summed E-state index contributed by atoms with van der Waals surface area (Å²) in [6, 6.07) is 21.1. The quantitative estimate of drug-likeness (QED) is 0.568. The highest BCUT2D eigenvalue weighted by atomic mass is 16.2. The zero-order valence-electron chi connectivity index (χ0n) is 20.1. The minimum absolute atomic E-state index is 0.0822. The predicted octanol–water partition coefficient (Wildman–Crippen LogP) is 5.30. The third-order valence-electron chi connectivity index (χ3n) is 7.07. The van der Waals surface area contributed by atoms with Crippen LogP contribution in [0.5, 0.6) is 0 Å². The Balaban J connectivity index is 1.36. The molecule has 2 aliphatic heterocycles. The standard InChI is InChI=1S/C29H34N4O/c1-22(34)33-21-26-15-14-25(20-24(26)10-6-9-23-8-2-3-12-28(23)33)27-11-7-13-29(31-27)30-16-19-32-17-4-5-18-32/h2-3,7-8,11-15,20H,4-6,9-10,16-19,21H2,1H3,(H,30,31). The number of carbonyl (C=O) groups is 1. The Kier molecular flexibility index (Phi) is 6.91. The van der Waals surface area contributed by atoms with Gasteiger partial charge in [0.1, 0.15) is 5.82 Å². The average molecular weight is 455 g/mol. The maximum Gasteiger partial charge on any atom is 0.224 e. The lowest BCUT2D eigenvalue weighted by Gasteiger charge is -2.24. The molecule has 0 saturated carbocycles. The van der Waals surface area contributed by atoms with Crippen LogP contribution in [0.15, 0.2) is 60.7 Å². The number of hydrogen-bond donors (Lipinski definition) is 1. The molecule has 0 bridgehead atoms. The lowest BCUT2D eigenvalue weighted by Crippen LogP contribution is -2.28. The van der Waals surface area contributed by atoms with Crippen LogP contribution < -0.4 is 10.2 Å². The number of nitrogens with one attached hydrogen (secondary N) is 1. The van der Waals surface area contributed by atoms with Crippen molar-refractivity contribution in [3.05, 3.63) is 77.4 Å². The number of anilines is 2. The van der Waals surface area contributed by atoms with Crippen molar-refractivity contribution in [2.45, 2.75) is 45.6 Å². The molecule has 2 aromatic carbocycles. The Labute approximate surface area is 202 Å². The van der Waals surface area contributed by atoms with Gasteiger partial charge in [0.2, 0.25) is 5.91 Å². The van der Waals surface area contributed by atoms with Gasteiger partial charge in [-0.2, -0.15) is 0 Å². The molecule has 3 heterocycles. The van der Waals surface area contributed by atoms with Crippen molar-refractivity contribution in [2.75, 3.05) is 36.4 Å². The monoisotopic (exact) mass is 454 g/mol. The molecule has 2 aliphatic rings. The number of benzene rings is 2. The van der Waals surface area contributed by atoms with E-state index >= 15 is 0 Å². The fourth-order valence-corrected chi connectivity index (χ4v) is 5.21. The summed E-state index contributed by atoms with van der Waals surface area (Å²) in [4.78, 5) is 21.9. The van der Waals surface area contributed by atoms with Crippen LogP contribution in [-0.4, -0.2) is 42.0 Å². The first kappa shape index (κ1) is 22.6. The largest absolute Gasteiger partial charge is 0.369 e. The molecule has 0 unspecified atom stereocenters. The van der Waals surface area contributed by atoms with E-state index in [1.807, 2.05) is 17.0 Å². The van der Waals surface area contributed by atoms with Gasteiger partial charge in [0, 0.05) is 31.3 Å². The van der Waals surface area contributed by atoms with E-state index in [0.717, 1.165) is 55.1 Å². The minimum Gasteiger partial charge on any atom is -0.369 e. The topological polar surface area (TPSA) is 48.5 Å². The smallest absolute Gasteiger partial charge is 0.224 e. The van der Waals surface area contributed by atoms with Gasteiger partial charge in [0.25, 0.3) is 0 Å². The third-order valence-corrected chi connectivity index (χ3v) is 7.07. The number of amides is 1. The summed E-state index contributed by atoms with van der Waals surface area (Å²) in [6.45, 7) is 6.69. The molecule has 1 saturated heterocycles. The average Bonchev–Trinajstić information content (AvgIpc) is 3.39. The van der Waals surface area contributed by atoms with Crippen molar-refractivity contribution in [1.29, 1.82) is 0 Å². The first-order valence-electron chi connectivity index (χ1n) is 12.6. The van der Waals surface area contributed by atoms with E-state index < -0.39 is 0 Å². The van der Waals surface area contributed by atoms with Gasteiger partial charge < -0.3 is 15.1 Å². The van der Waals surface area contributed by atoms with Crippen LogP contribution in [0.2, 0.25) is 0 Å². The molecule has 176 valence electrons. The Bertz CT molecular complexity index is 1150. The molecule has 0 spiro atoms. The maximum absolute atomic E-state index is 12.6. The zero-order valence-corrected chi connectivity index (χ0v) is 20.1. The highest BCUT2D eigenvalue weighted by Crippen LogP contribution is 2.30. The fourth-order valence-electron chi connectivity index (χ4n) is 5.21. The molecule has 0 atom stereocenters. The van der Waals surface area contributed by atoms with E-state index in [-0.39, 0.29) is 5.91 Å². The minimum atomic E-state index is 0.0822. The molecule has 1 amide bonds. The predicted molar refractivity (Wildman–Crippen MR) is 139 cm³/mol. The van der Waals surface area contributed by atoms with Gasteiger partial charge in [-0.15, -0.1) is 0 Å². The van der Waals surface area contributed by atoms with E-state index in [1.54, 1.807) is 6.92 Å². The molecule has 5 nitrogen and oxygen atoms in total. The van der Waals surface area contributed by atoms with E-state index in [4.69, 9.17) is 4.98 Å². The summed E-state index contributed by atoms with van der Waals surface area (Å²) >= 11 is 0. The van der Waals surface area contributed by atoms with Gasteiger partial charge in [-0.25, -0.2) is 4.98 Å². The summed E-state index contributed by atoms with van der Waals surface area (Å²) in [5.74, 6) is 1.01. The highest BCUT2D eigenvalue weighted by Gasteiger charge is 2.19. The summed E-state index contributed by atoms with van der Waals surface area (Å²) < 4.78 is 0. The van der Waals surface area contributed by atoms with Crippen LogP contribution in [0, 0.1) is 0 Å². The molecule has 1 fully saturated rings. The zero-order chi connectivity index (χ0) is 23.3. The van der Waals surface area contributed by atoms with Crippen molar-refractivity contribution in [2.24, 2.45) is 0 Å². The summed E-state index contributed by atoms with van der Waals surface area (Å²) in [7, 11) is 0. The van der Waals surface area contributed by atoms with Gasteiger partial charge in [0.15, 0.2) is 0 Å². The van der Waals surface area contributed by atoms with Crippen molar-refractivity contribution < 1.29 is 4.79 Å². The number of fused-ring (bicyclic) bond motifs is 2. The molecule has 3 aromatic rings. The number of para-hydroxylation sites is 1. The molecular formula is C29H34N4O. The Morgan fingerprint density at radius 3 is 2.59 bits per heavy atom. The molecule has 5 rings (SSSR count). The number of pyridine rings is 1. The van der Waals surface area contributed by atoms with Crippen LogP contribution in [0.1, 0.15) is 42.9 Å². The van der Waals surface area contributed by atoms with Gasteiger partial charge in [0.05, 0.1) is 12.2 Å². The number of rotatable bonds is 5. The van der Waals surface area contributed by atoms with Crippen LogP contribution in [-0.2, 0) is 24.2 Å². The molecule has 34 heavy (non-hydrogen) atoms. The fraction of sp³-hybridized carbons (Fsp3) is 0.379. The number of hydrogen-bond acceptors (Lipinski definition) is 4. The number of likely N-dealkylation sites (tertiary alicyclic amines) is 1. The van der Waals surface area contributed by atoms with Crippen molar-refractivity contribution >= 4 is 17.4 Å². The van der Waals surface area contributed by atoms with Crippen LogP contribution in [0.4, 0.5) is 11.5 Å². The van der Waals surface area contributed by atoms with Crippen molar-refractivity contribution in [1.82, 2.24) is 9.88 Å². The number of aryl methyl sites for hydroxylation is 2. The van der Waals surface area contributed by atoms with Gasteiger partial charge in [-0.05, 0) is 86.1 Å². The van der Waals surface area contributed by atoms with E-state index in [2.05, 4.69) is 58.7 Å². The van der Waals surface area contributed by atoms with E-state index in [1.165, 1.54) is 42.6 Å². The number of aromatic nitrogens is 1. The second kappa shape index (κ2) is 10.4. The summed E-state index contributed by atoms with van der Waals surface area (Å²) in [5, 5.41) is 3.50. The molecular weight excluding hydrogens is 420 g/mol. The first-order valence-corrected chi connectivity index (χ1v) is 12.6. The second-order valence-corrected chi connectivity index (χ2v) is 9.45. The van der Waals surface area contributed by atoms with E-state index in [9.17, 15) is 4.79 Å². The summed E-state index contributed by atoms with van der Waals surface area (Å²) in [5.41, 5.74) is 6.94. The Hall–Kier alpha value is -3.18. The number of nitrogens with zero attached hydrogens (tertiary/aromatic N) is 3. The molecule has 1 N–H and O–H groups in total. The maximum atomic E-state index is 12.6. The van der Waals surface area contributed by atoms with Gasteiger partial charge in [-0.3, -0.25) is 4.79 Å². The molecule has 0 aliphatic carbocycles. The Morgan fingerprint density at radius 1 is 0.912 bits per heavy atom. The Morgan fingerprint density at radius 2 is 1.74 bits per heavy atom. The van der Waals surface area contributed by atoms with E-state index in [0.29, 0.717) is 6.54 Å². The normalized spacial score (nSPS) is 16.2. The highest BCUT2D eigenvalue weighted by molar-refractivity contribution is 5.92. The van der Waals surface area contributed by atoms with Gasteiger partial charge in [-0.1, -0.05) is 36.4 Å². The summed E-state index contributed by atoms with van der Waals surface area (Å²) in [6.07, 6.45) is 5.67. The van der Waals surface area contributed by atoms with Crippen LogP contribution in [0.3, 0.4) is 0 Å². The molecule has 5 heteroatoms. The number of carbonyl (C=O) groups excluding carboxylic acids is 1. The third kappa shape index (κ3) is 5.15. The van der Waals surface area contributed by atoms with Crippen LogP contribution >= 0.6 is 0 Å². The van der Waals surface area contributed by atoms with Gasteiger partial charge >= 0.3 is 0 Å². The molecule has 0 radical (unpaired) electrons. The lowest BCUT2D eigenvalue weighted by atomic mass is 9.97. The van der Waals surface area contributed by atoms with Crippen molar-refractivity contribution in [3.63, 3.8) is 0 Å². The van der Waals surface area contributed by atoms with Crippen LogP contribution in [0.25, 0.3) is 11.3 Å². The SMILES string of the molecule is CC(=O)N1Cc2ccc(-c3cccc(NCCN4CCCC4)n3)cc2CCCc2ccccc21. The lowest BCUT2D eigenvalue weighted by molar-refractivity contribution is -0.116.